The van der Waals surface area contributed by atoms with E-state index in [2.05, 4.69) is 10.3 Å². The summed E-state index contributed by atoms with van der Waals surface area (Å²) < 4.78 is 5.37. The van der Waals surface area contributed by atoms with E-state index in [0.717, 1.165) is 24.5 Å². The minimum absolute atomic E-state index is 0.0780. The molecular weight excluding hydrogens is 254 g/mol. The highest BCUT2D eigenvalue weighted by atomic mass is 16.6. The van der Waals surface area contributed by atoms with Gasteiger partial charge in [0.1, 0.15) is 12.4 Å². The summed E-state index contributed by atoms with van der Waals surface area (Å²) >= 11 is 0. The Balaban J connectivity index is 1.91. The average Bonchev–Trinajstić information content (AvgIpc) is 3.01. The van der Waals surface area contributed by atoms with Gasteiger partial charge >= 0.3 is 6.09 Å². The van der Waals surface area contributed by atoms with Crippen LogP contribution in [0.5, 0.6) is 0 Å². The highest BCUT2D eigenvalue weighted by Gasteiger charge is 2.25. The molecule has 20 heavy (non-hydrogen) atoms. The molecule has 0 unspecified atom stereocenters. The van der Waals surface area contributed by atoms with Crippen molar-refractivity contribution < 1.29 is 9.53 Å². The summed E-state index contributed by atoms with van der Waals surface area (Å²) in [5.74, 6) is 0.864. The molecule has 0 spiro atoms. The predicted molar refractivity (Wildman–Crippen MR) is 78.8 cm³/mol. The molecule has 5 heteroatoms. The number of amidine groups is 1. The summed E-state index contributed by atoms with van der Waals surface area (Å²) in [7, 11) is 0. The van der Waals surface area contributed by atoms with Crippen molar-refractivity contribution in [2.45, 2.75) is 26.5 Å². The van der Waals surface area contributed by atoms with Crippen molar-refractivity contribution in [3.8, 4) is 0 Å². The largest absolute Gasteiger partial charge is 0.445 e. The van der Waals surface area contributed by atoms with Crippen molar-refractivity contribution in [3.63, 3.8) is 0 Å². The molecule has 1 heterocycles. The van der Waals surface area contributed by atoms with Crippen LogP contribution in [-0.2, 0) is 11.3 Å². The van der Waals surface area contributed by atoms with Crippen LogP contribution in [0, 0.1) is 0 Å². The second-order valence-electron chi connectivity index (χ2n) is 4.70. The fraction of sp³-hybridized carbons (Fsp3) is 0.467. The molecule has 1 N–H and O–H groups in total. The molecule has 1 aliphatic heterocycles. The lowest BCUT2D eigenvalue weighted by Gasteiger charge is -2.27. The van der Waals surface area contributed by atoms with Gasteiger partial charge in [0.15, 0.2) is 0 Å². The summed E-state index contributed by atoms with van der Waals surface area (Å²) in [5, 5.41) is 3.20. The van der Waals surface area contributed by atoms with Crippen molar-refractivity contribution in [3.05, 3.63) is 35.9 Å². The first-order valence-electron chi connectivity index (χ1n) is 6.98. The average molecular weight is 275 g/mol. The third kappa shape index (κ3) is 3.50. The molecule has 1 aliphatic rings. The molecule has 5 nitrogen and oxygen atoms in total. The number of hydrogen-bond donors (Lipinski definition) is 1. The second-order valence-corrected chi connectivity index (χ2v) is 4.70. The molecule has 1 aromatic carbocycles. The molecule has 0 bridgehead atoms. The second kappa shape index (κ2) is 6.93. The van der Waals surface area contributed by atoms with Crippen LogP contribution in [0.3, 0.4) is 0 Å². The number of aliphatic imine (C=N–C) groups is 1. The van der Waals surface area contributed by atoms with Crippen molar-refractivity contribution >= 4 is 11.9 Å². The normalized spacial score (nSPS) is 15.2. The van der Waals surface area contributed by atoms with Crippen molar-refractivity contribution in [2.75, 3.05) is 19.6 Å². The minimum Gasteiger partial charge on any atom is -0.445 e. The van der Waals surface area contributed by atoms with Crippen LogP contribution in [0.25, 0.3) is 0 Å². The first-order valence-corrected chi connectivity index (χ1v) is 6.98. The number of ether oxygens (including phenoxy) is 1. The lowest BCUT2D eigenvalue weighted by molar-refractivity contribution is 0.0936. The number of nitrogens with one attached hydrogen (secondary N) is 1. The Kier molecular flexibility index (Phi) is 4.98. The Bertz CT molecular complexity index is 473. The lowest BCUT2D eigenvalue weighted by Crippen LogP contribution is -2.46. The maximum Gasteiger partial charge on any atom is 0.410 e. The predicted octanol–water partition coefficient (Wildman–Crippen LogP) is 2.04. The Hall–Kier alpha value is -2.04. The zero-order chi connectivity index (χ0) is 14.4. The maximum absolute atomic E-state index is 12.2. The van der Waals surface area contributed by atoms with Gasteiger partial charge in [-0.25, -0.2) is 4.79 Å². The number of amides is 1. The molecule has 1 atom stereocenters. The SMILES string of the molecule is CCN(C(=O)OCc1ccccc1)[C@H](C)C1=NCCN1. The molecular formula is C15H21N3O2. The van der Waals surface area contributed by atoms with Gasteiger partial charge in [0.25, 0.3) is 0 Å². The molecule has 1 aromatic rings. The maximum atomic E-state index is 12.2. The van der Waals surface area contributed by atoms with E-state index in [0.29, 0.717) is 13.2 Å². The molecule has 0 aliphatic carbocycles. The summed E-state index contributed by atoms with van der Waals surface area (Å²) in [4.78, 5) is 18.2. The van der Waals surface area contributed by atoms with Gasteiger partial charge in [-0.05, 0) is 19.4 Å². The van der Waals surface area contributed by atoms with Gasteiger partial charge in [-0.1, -0.05) is 30.3 Å². The summed E-state index contributed by atoms with van der Waals surface area (Å²) in [6.45, 7) is 6.41. The van der Waals surface area contributed by atoms with Gasteiger partial charge in [-0.15, -0.1) is 0 Å². The third-order valence-corrected chi connectivity index (χ3v) is 3.34. The fourth-order valence-electron chi connectivity index (χ4n) is 2.21. The third-order valence-electron chi connectivity index (χ3n) is 3.34. The summed E-state index contributed by atoms with van der Waals surface area (Å²) in [5.41, 5.74) is 0.987. The van der Waals surface area contributed by atoms with Crippen molar-refractivity contribution in [1.29, 1.82) is 0 Å². The Morgan fingerprint density at radius 3 is 2.80 bits per heavy atom. The molecule has 0 aromatic heterocycles. The van der Waals surface area contributed by atoms with Gasteiger partial charge in [0.05, 0.1) is 12.6 Å². The van der Waals surface area contributed by atoms with Crippen LogP contribution in [0.1, 0.15) is 19.4 Å². The molecule has 0 radical (unpaired) electrons. The van der Waals surface area contributed by atoms with Crippen LogP contribution in [-0.4, -0.2) is 42.5 Å². The fourth-order valence-corrected chi connectivity index (χ4v) is 2.21. The number of benzene rings is 1. The van der Waals surface area contributed by atoms with E-state index in [9.17, 15) is 4.79 Å². The standard InChI is InChI=1S/C15H21N3O2/c1-3-18(12(2)14-16-9-10-17-14)15(19)20-11-13-7-5-4-6-8-13/h4-8,12H,3,9-11H2,1-2H3,(H,16,17)/t12-/m1/s1. The van der Waals surface area contributed by atoms with Gasteiger partial charge in [-0.2, -0.15) is 0 Å². The molecule has 2 rings (SSSR count). The van der Waals surface area contributed by atoms with Crippen LogP contribution in [0.2, 0.25) is 0 Å². The highest BCUT2D eigenvalue weighted by molar-refractivity contribution is 5.90. The number of rotatable bonds is 5. The van der Waals surface area contributed by atoms with Crippen molar-refractivity contribution in [2.24, 2.45) is 4.99 Å². The topological polar surface area (TPSA) is 53.9 Å². The Labute approximate surface area is 119 Å². The van der Waals surface area contributed by atoms with E-state index >= 15 is 0 Å². The highest BCUT2D eigenvalue weighted by Crippen LogP contribution is 2.08. The number of carbonyl (C=O) groups is 1. The van der Waals surface area contributed by atoms with Gasteiger partial charge in [-0.3, -0.25) is 9.89 Å². The Morgan fingerprint density at radius 1 is 1.45 bits per heavy atom. The zero-order valence-electron chi connectivity index (χ0n) is 12.0. The molecule has 0 saturated carbocycles. The molecule has 1 amide bonds. The van der Waals surface area contributed by atoms with Gasteiger partial charge < -0.3 is 10.1 Å². The number of likely N-dealkylation sites (N-methyl/N-ethyl adjacent to an activating group) is 1. The lowest BCUT2D eigenvalue weighted by atomic mass is 10.2. The molecule has 0 fully saturated rings. The van der Waals surface area contributed by atoms with E-state index < -0.39 is 0 Å². The summed E-state index contributed by atoms with van der Waals surface area (Å²) in [6, 6.07) is 9.60. The smallest absolute Gasteiger partial charge is 0.410 e. The number of hydrogen-bond acceptors (Lipinski definition) is 4. The van der Waals surface area contributed by atoms with Crippen LogP contribution in [0.4, 0.5) is 4.79 Å². The van der Waals surface area contributed by atoms with E-state index in [1.165, 1.54) is 0 Å². The van der Waals surface area contributed by atoms with E-state index in [1.54, 1.807) is 4.90 Å². The minimum atomic E-state index is -0.305. The van der Waals surface area contributed by atoms with Crippen LogP contribution >= 0.6 is 0 Å². The number of carbonyl (C=O) groups excluding carboxylic acids is 1. The van der Waals surface area contributed by atoms with Gasteiger partial charge in [0, 0.05) is 13.1 Å². The first kappa shape index (κ1) is 14.4. The van der Waals surface area contributed by atoms with Crippen molar-refractivity contribution in [1.82, 2.24) is 10.2 Å². The van der Waals surface area contributed by atoms with Crippen LogP contribution < -0.4 is 5.32 Å². The molecule has 108 valence electrons. The Morgan fingerprint density at radius 2 is 2.20 bits per heavy atom. The van der Waals surface area contributed by atoms with E-state index in [1.807, 2.05) is 44.2 Å². The summed E-state index contributed by atoms with van der Waals surface area (Å²) in [6.07, 6.45) is -0.305. The molecule has 0 saturated heterocycles. The van der Waals surface area contributed by atoms with E-state index in [4.69, 9.17) is 4.74 Å². The number of nitrogens with zero attached hydrogens (tertiary/aromatic N) is 2. The monoisotopic (exact) mass is 275 g/mol. The first-order chi connectivity index (χ1) is 9.72. The zero-order valence-corrected chi connectivity index (χ0v) is 12.0. The quantitative estimate of drug-likeness (QED) is 0.894. The van der Waals surface area contributed by atoms with E-state index in [-0.39, 0.29) is 12.1 Å². The van der Waals surface area contributed by atoms with Gasteiger partial charge in [0.2, 0.25) is 0 Å². The van der Waals surface area contributed by atoms with Crippen LogP contribution in [0.15, 0.2) is 35.3 Å².